The van der Waals surface area contributed by atoms with Crippen molar-refractivity contribution < 1.29 is 9.21 Å². The first kappa shape index (κ1) is 21.2. The van der Waals surface area contributed by atoms with E-state index in [4.69, 9.17) is 4.42 Å². The highest BCUT2D eigenvalue weighted by Gasteiger charge is 2.23. The topological polar surface area (TPSA) is 58.7 Å². The number of fused-ring (bicyclic) bond motifs is 1. The molecule has 0 saturated carbocycles. The number of hydrogen-bond donors (Lipinski definition) is 0. The lowest BCUT2D eigenvalue weighted by molar-refractivity contribution is 0.0905. The van der Waals surface area contributed by atoms with E-state index in [1.807, 2.05) is 18.2 Å². The monoisotopic (exact) mass is 441 g/mol. The van der Waals surface area contributed by atoms with Crippen molar-refractivity contribution >= 4 is 22.7 Å². The van der Waals surface area contributed by atoms with Gasteiger partial charge in [0.15, 0.2) is 5.58 Å². The molecule has 4 aromatic rings. The first-order chi connectivity index (χ1) is 16.1. The van der Waals surface area contributed by atoms with Gasteiger partial charge in [0.25, 0.3) is 0 Å². The molecule has 5 rings (SSSR count). The first-order valence-electron chi connectivity index (χ1n) is 11.4. The largest absolute Gasteiger partial charge is 0.426 e. The molecule has 1 aliphatic heterocycles. The number of rotatable bonds is 5. The maximum Gasteiger partial charge on any atom is 0.426 e. The van der Waals surface area contributed by atoms with Gasteiger partial charge in [0.05, 0.1) is 5.69 Å². The summed E-state index contributed by atoms with van der Waals surface area (Å²) in [5.74, 6) is -0.861. The molecule has 1 aliphatic rings. The summed E-state index contributed by atoms with van der Waals surface area (Å²) in [5.41, 5.74) is 5.68. The van der Waals surface area contributed by atoms with E-state index in [2.05, 4.69) is 58.3 Å². The van der Waals surface area contributed by atoms with Crippen LogP contribution in [0.25, 0.3) is 22.2 Å². The summed E-state index contributed by atoms with van der Waals surface area (Å²) in [4.78, 5) is 29.2. The number of para-hydroxylation sites is 1. The maximum atomic E-state index is 12.3. The average molecular weight is 442 g/mol. The van der Waals surface area contributed by atoms with Gasteiger partial charge in [-0.3, -0.25) is 9.69 Å². The van der Waals surface area contributed by atoms with Gasteiger partial charge in [-0.1, -0.05) is 61.5 Å². The summed E-state index contributed by atoms with van der Waals surface area (Å²) < 4.78 is 6.66. The van der Waals surface area contributed by atoms with Crippen LogP contribution in [0.4, 0.5) is 5.69 Å². The quantitative estimate of drug-likeness (QED) is 0.452. The zero-order valence-electron chi connectivity index (χ0n) is 18.7. The van der Waals surface area contributed by atoms with Crippen molar-refractivity contribution in [2.24, 2.45) is 0 Å². The molecule has 1 fully saturated rings. The van der Waals surface area contributed by atoms with Gasteiger partial charge in [0.2, 0.25) is 5.91 Å². The lowest BCUT2D eigenvalue weighted by atomic mass is 10.0. The van der Waals surface area contributed by atoms with Gasteiger partial charge in [-0.2, -0.15) is 0 Å². The van der Waals surface area contributed by atoms with Crippen LogP contribution in [-0.4, -0.2) is 41.6 Å². The Bertz CT molecular complexity index is 1330. The van der Waals surface area contributed by atoms with Gasteiger partial charge >= 0.3 is 5.76 Å². The Morgan fingerprint density at radius 3 is 2.36 bits per heavy atom. The Kier molecular flexibility index (Phi) is 5.84. The minimum Gasteiger partial charge on any atom is -0.405 e. The van der Waals surface area contributed by atoms with Crippen molar-refractivity contribution in [1.29, 1.82) is 0 Å². The molecule has 0 unspecified atom stereocenters. The molecular formula is C27H27N3O3. The molecule has 2 heterocycles. The van der Waals surface area contributed by atoms with E-state index >= 15 is 0 Å². The number of carbonyl (C=O) groups excluding carboxylic acids is 1. The molecular weight excluding hydrogens is 414 g/mol. The molecule has 6 nitrogen and oxygen atoms in total. The third-order valence-electron chi connectivity index (χ3n) is 6.29. The normalized spacial score (nSPS) is 14.6. The Labute approximate surface area is 192 Å². The molecule has 0 spiro atoms. The van der Waals surface area contributed by atoms with Crippen LogP contribution < -0.4 is 10.7 Å². The second-order valence-electron chi connectivity index (χ2n) is 8.41. The fraction of sp³-hybridized carbons (Fsp3) is 0.259. The molecule has 6 heteroatoms. The minimum atomic E-state index is -0.610. The fourth-order valence-corrected chi connectivity index (χ4v) is 4.55. The van der Waals surface area contributed by atoms with Crippen molar-refractivity contribution in [2.45, 2.75) is 19.9 Å². The molecule has 33 heavy (non-hydrogen) atoms. The van der Waals surface area contributed by atoms with Crippen molar-refractivity contribution in [1.82, 2.24) is 9.47 Å². The minimum absolute atomic E-state index is 0.251. The second kappa shape index (κ2) is 9.08. The van der Waals surface area contributed by atoms with Crippen LogP contribution in [0.1, 0.15) is 23.7 Å². The Balaban J connectivity index is 1.30. The zero-order valence-corrected chi connectivity index (χ0v) is 18.7. The Morgan fingerprint density at radius 1 is 0.879 bits per heavy atom. The van der Waals surface area contributed by atoms with Crippen LogP contribution in [0.3, 0.4) is 0 Å². The number of nitrogens with zero attached hydrogens (tertiary/aromatic N) is 3. The second-order valence-corrected chi connectivity index (χ2v) is 8.41. The van der Waals surface area contributed by atoms with Crippen LogP contribution >= 0.6 is 0 Å². The highest BCUT2D eigenvalue weighted by Crippen LogP contribution is 2.28. The van der Waals surface area contributed by atoms with Crippen molar-refractivity contribution in [3.8, 4) is 11.1 Å². The van der Waals surface area contributed by atoms with Crippen molar-refractivity contribution in [2.75, 3.05) is 31.1 Å². The summed E-state index contributed by atoms with van der Waals surface area (Å²) >= 11 is 0. The molecule has 0 bridgehead atoms. The number of benzene rings is 3. The van der Waals surface area contributed by atoms with Gasteiger partial charge in [0, 0.05) is 39.1 Å². The SMILES string of the molecule is CCC(=O)n1c(=O)oc2c(N3CCN(Cc4cccc(-c5ccccc5)c4)CC3)cccc21. The number of carbonyl (C=O) groups is 1. The third kappa shape index (κ3) is 4.22. The van der Waals surface area contributed by atoms with Gasteiger partial charge in [-0.25, -0.2) is 9.36 Å². The van der Waals surface area contributed by atoms with E-state index in [1.54, 1.807) is 13.0 Å². The van der Waals surface area contributed by atoms with Crippen molar-refractivity contribution in [3.05, 3.63) is 88.9 Å². The molecule has 0 amide bonds. The van der Waals surface area contributed by atoms with E-state index in [0.29, 0.717) is 11.1 Å². The number of aromatic nitrogens is 1. The molecule has 0 N–H and O–H groups in total. The summed E-state index contributed by atoms with van der Waals surface area (Å²) in [6, 6.07) is 24.8. The predicted octanol–water partition coefficient (Wildman–Crippen LogP) is 4.63. The van der Waals surface area contributed by atoms with Gasteiger partial charge < -0.3 is 9.32 Å². The fourth-order valence-electron chi connectivity index (χ4n) is 4.55. The zero-order chi connectivity index (χ0) is 22.8. The van der Waals surface area contributed by atoms with E-state index in [1.165, 1.54) is 16.7 Å². The number of anilines is 1. The highest BCUT2D eigenvalue weighted by molar-refractivity contribution is 5.94. The highest BCUT2D eigenvalue weighted by atomic mass is 16.4. The van der Waals surface area contributed by atoms with Crippen molar-refractivity contribution in [3.63, 3.8) is 0 Å². The molecule has 3 aromatic carbocycles. The predicted molar refractivity (Wildman–Crippen MR) is 131 cm³/mol. The summed E-state index contributed by atoms with van der Waals surface area (Å²) in [6.07, 6.45) is 0.253. The van der Waals surface area contributed by atoms with E-state index in [0.717, 1.165) is 43.0 Å². The van der Waals surface area contributed by atoms with Crippen LogP contribution in [0.15, 0.2) is 82.0 Å². The first-order valence-corrected chi connectivity index (χ1v) is 11.4. The van der Waals surface area contributed by atoms with Gasteiger partial charge in [-0.05, 0) is 34.9 Å². The standard InChI is InChI=1S/C27H27N3O3/c1-2-25(31)30-24-13-7-12-23(26(24)33-27(30)32)29-16-14-28(15-17-29)19-20-8-6-11-22(18-20)21-9-4-3-5-10-21/h3-13,18H,2,14-17,19H2,1H3. The van der Waals surface area contributed by atoms with Crippen LogP contribution in [0.2, 0.25) is 0 Å². The lowest BCUT2D eigenvalue weighted by Gasteiger charge is -2.36. The Hall–Kier alpha value is -3.64. The number of hydrogen-bond acceptors (Lipinski definition) is 5. The number of oxazole rings is 1. The van der Waals surface area contributed by atoms with E-state index in [-0.39, 0.29) is 12.3 Å². The molecule has 1 aromatic heterocycles. The smallest absolute Gasteiger partial charge is 0.405 e. The number of piperazine rings is 1. The van der Waals surface area contributed by atoms with E-state index in [9.17, 15) is 9.59 Å². The van der Waals surface area contributed by atoms with Crippen LogP contribution in [0, 0.1) is 0 Å². The van der Waals surface area contributed by atoms with E-state index < -0.39 is 5.76 Å². The van der Waals surface area contributed by atoms with Gasteiger partial charge in [-0.15, -0.1) is 0 Å². The molecule has 0 radical (unpaired) electrons. The average Bonchev–Trinajstić information content (AvgIpc) is 3.20. The molecule has 1 saturated heterocycles. The third-order valence-corrected chi connectivity index (χ3v) is 6.29. The summed E-state index contributed by atoms with van der Waals surface area (Å²) in [6.45, 7) is 6.11. The van der Waals surface area contributed by atoms with Crippen LogP contribution in [-0.2, 0) is 6.54 Å². The molecule has 0 aliphatic carbocycles. The lowest BCUT2D eigenvalue weighted by Crippen LogP contribution is -2.46. The summed E-state index contributed by atoms with van der Waals surface area (Å²) in [5, 5.41) is 0. The Morgan fingerprint density at radius 2 is 1.61 bits per heavy atom. The maximum absolute atomic E-state index is 12.3. The molecule has 168 valence electrons. The molecule has 0 atom stereocenters. The summed E-state index contributed by atoms with van der Waals surface area (Å²) in [7, 11) is 0. The van der Waals surface area contributed by atoms with Crippen LogP contribution in [0.5, 0.6) is 0 Å². The van der Waals surface area contributed by atoms with Gasteiger partial charge in [0.1, 0.15) is 5.52 Å².